The van der Waals surface area contributed by atoms with Gasteiger partial charge in [0, 0.05) is 12.0 Å². The zero-order valence-corrected chi connectivity index (χ0v) is 9.51. The van der Waals surface area contributed by atoms with Crippen molar-refractivity contribution < 1.29 is 13.6 Å². The molecular formula is C14H14F2O. The van der Waals surface area contributed by atoms with Crippen molar-refractivity contribution in [2.45, 2.75) is 32.1 Å². The molecule has 90 valence electrons. The number of benzene rings is 1. The van der Waals surface area contributed by atoms with Crippen molar-refractivity contribution in [1.29, 1.82) is 0 Å². The molecule has 0 saturated heterocycles. The van der Waals surface area contributed by atoms with Gasteiger partial charge in [0.15, 0.2) is 5.78 Å². The van der Waals surface area contributed by atoms with E-state index in [1.807, 2.05) is 6.08 Å². The minimum atomic E-state index is -0.644. The van der Waals surface area contributed by atoms with Gasteiger partial charge in [-0.15, -0.1) is 0 Å². The summed E-state index contributed by atoms with van der Waals surface area (Å²) in [6, 6.07) is 3.67. The van der Waals surface area contributed by atoms with Crippen molar-refractivity contribution >= 4 is 5.78 Å². The van der Waals surface area contributed by atoms with E-state index in [-0.39, 0.29) is 17.8 Å². The molecule has 0 atom stereocenters. The predicted molar refractivity (Wildman–Crippen MR) is 61.6 cm³/mol. The Hall–Kier alpha value is -1.51. The second kappa shape index (κ2) is 5.21. The molecule has 1 nitrogen and oxygen atoms in total. The third kappa shape index (κ3) is 2.78. The van der Waals surface area contributed by atoms with Gasteiger partial charge in [0.25, 0.3) is 0 Å². The molecule has 0 saturated carbocycles. The molecule has 0 N–H and O–H groups in total. The highest BCUT2D eigenvalue weighted by Gasteiger charge is 2.17. The summed E-state index contributed by atoms with van der Waals surface area (Å²) in [4.78, 5) is 11.9. The third-order valence-electron chi connectivity index (χ3n) is 3.05. The maximum absolute atomic E-state index is 13.4. The maximum atomic E-state index is 13.4. The SMILES string of the molecule is O=C(Cc1c(F)cccc1F)C1=CCCCC1. The quantitative estimate of drug-likeness (QED) is 0.784. The monoisotopic (exact) mass is 236 g/mol. The fraction of sp³-hybridized carbons (Fsp3) is 0.357. The van der Waals surface area contributed by atoms with Crippen molar-refractivity contribution in [3.63, 3.8) is 0 Å². The Bertz CT molecular complexity index is 443. The van der Waals surface area contributed by atoms with Gasteiger partial charge in [-0.3, -0.25) is 4.79 Å². The zero-order valence-electron chi connectivity index (χ0n) is 9.51. The first kappa shape index (κ1) is 12.0. The van der Waals surface area contributed by atoms with Crippen molar-refractivity contribution in [1.82, 2.24) is 0 Å². The van der Waals surface area contributed by atoms with E-state index in [2.05, 4.69) is 0 Å². The molecule has 3 heteroatoms. The topological polar surface area (TPSA) is 17.1 Å². The van der Waals surface area contributed by atoms with Gasteiger partial charge in [0.2, 0.25) is 0 Å². The molecule has 1 aromatic rings. The highest BCUT2D eigenvalue weighted by molar-refractivity contribution is 5.96. The van der Waals surface area contributed by atoms with Crippen LogP contribution >= 0.6 is 0 Å². The van der Waals surface area contributed by atoms with Crippen LogP contribution in [0.25, 0.3) is 0 Å². The van der Waals surface area contributed by atoms with Crippen molar-refractivity contribution in [2.24, 2.45) is 0 Å². The van der Waals surface area contributed by atoms with Gasteiger partial charge in [-0.25, -0.2) is 8.78 Å². The molecule has 0 unspecified atom stereocenters. The molecule has 0 fully saturated rings. The summed E-state index contributed by atoms with van der Waals surface area (Å²) in [6.07, 6.45) is 5.41. The van der Waals surface area contributed by atoms with Crippen LogP contribution in [0, 0.1) is 11.6 Å². The fourth-order valence-electron chi connectivity index (χ4n) is 2.07. The average Bonchev–Trinajstić information content (AvgIpc) is 2.35. The third-order valence-corrected chi connectivity index (χ3v) is 3.05. The number of Topliss-reactive ketones (excluding diaryl/α,β-unsaturated/α-hetero) is 1. The summed E-state index contributed by atoms with van der Waals surface area (Å²) >= 11 is 0. The molecule has 0 bridgehead atoms. The van der Waals surface area contributed by atoms with Crippen molar-refractivity contribution in [2.75, 3.05) is 0 Å². The summed E-state index contributed by atoms with van der Waals surface area (Å²) in [5.74, 6) is -1.45. The van der Waals surface area contributed by atoms with Gasteiger partial charge in [0.1, 0.15) is 11.6 Å². The van der Waals surface area contributed by atoms with Gasteiger partial charge >= 0.3 is 0 Å². The van der Waals surface area contributed by atoms with Crippen LogP contribution in [-0.2, 0) is 11.2 Å². The lowest BCUT2D eigenvalue weighted by atomic mass is 9.93. The second-order valence-corrected chi connectivity index (χ2v) is 4.28. The van der Waals surface area contributed by atoms with Crippen LogP contribution < -0.4 is 0 Å². The number of carbonyl (C=O) groups excluding carboxylic acids is 1. The minimum Gasteiger partial charge on any atom is -0.294 e. The number of hydrogen-bond donors (Lipinski definition) is 0. The van der Waals surface area contributed by atoms with Crippen LogP contribution in [0.1, 0.15) is 31.2 Å². The Balaban J connectivity index is 2.15. The fourth-order valence-corrected chi connectivity index (χ4v) is 2.07. The normalized spacial score (nSPS) is 15.5. The molecular weight excluding hydrogens is 222 g/mol. The average molecular weight is 236 g/mol. The Morgan fingerprint density at radius 3 is 2.47 bits per heavy atom. The van der Waals surface area contributed by atoms with E-state index in [1.54, 1.807) is 0 Å². The van der Waals surface area contributed by atoms with Gasteiger partial charge in [-0.05, 0) is 43.4 Å². The Labute approximate surface area is 99.1 Å². The zero-order chi connectivity index (χ0) is 12.3. The van der Waals surface area contributed by atoms with Crippen LogP contribution in [0.5, 0.6) is 0 Å². The smallest absolute Gasteiger partial charge is 0.163 e. The van der Waals surface area contributed by atoms with Crippen LogP contribution in [0.3, 0.4) is 0 Å². The summed E-state index contributed by atoms with van der Waals surface area (Å²) in [5, 5.41) is 0. The number of hydrogen-bond acceptors (Lipinski definition) is 1. The lowest BCUT2D eigenvalue weighted by molar-refractivity contribution is -0.115. The standard InChI is InChI=1S/C14H14F2O/c15-12-7-4-8-13(16)11(12)9-14(17)10-5-2-1-3-6-10/h4-5,7-8H,1-3,6,9H2. The molecule has 0 aromatic heterocycles. The molecule has 0 heterocycles. The van der Waals surface area contributed by atoms with Crippen LogP contribution in [-0.4, -0.2) is 5.78 Å². The number of allylic oxidation sites excluding steroid dienone is 2. The number of rotatable bonds is 3. The summed E-state index contributed by atoms with van der Waals surface area (Å²) < 4.78 is 26.7. The first-order valence-corrected chi connectivity index (χ1v) is 5.83. The maximum Gasteiger partial charge on any atom is 0.163 e. The van der Waals surface area contributed by atoms with Crippen molar-refractivity contribution in [3.05, 3.63) is 47.0 Å². The predicted octanol–water partition coefficient (Wildman–Crippen LogP) is 3.58. The lowest BCUT2D eigenvalue weighted by Crippen LogP contribution is -2.11. The van der Waals surface area contributed by atoms with Gasteiger partial charge in [0.05, 0.1) is 0 Å². The lowest BCUT2D eigenvalue weighted by Gasteiger charge is -2.12. The number of carbonyl (C=O) groups is 1. The highest BCUT2D eigenvalue weighted by Crippen LogP contribution is 2.21. The van der Waals surface area contributed by atoms with Crippen molar-refractivity contribution in [3.8, 4) is 0 Å². The van der Waals surface area contributed by atoms with Gasteiger partial charge < -0.3 is 0 Å². The summed E-state index contributed by atoms with van der Waals surface area (Å²) in [6.45, 7) is 0. The van der Waals surface area contributed by atoms with E-state index >= 15 is 0 Å². The van der Waals surface area contributed by atoms with E-state index in [0.29, 0.717) is 0 Å². The molecule has 1 aliphatic rings. The van der Waals surface area contributed by atoms with Gasteiger partial charge in [-0.1, -0.05) is 12.1 Å². The highest BCUT2D eigenvalue weighted by atomic mass is 19.1. The molecule has 1 aliphatic carbocycles. The Morgan fingerprint density at radius 1 is 1.18 bits per heavy atom. The Morgan fingerprint density at radius 2 is 1.88 bits per heavy atom. The van der Waals surface area contributed by atoms with Crippen LogP contribution in [0.4, 0.5) is 8.78 Å². The van der Waals surface area contributed by atoms with Gasteiger partial charge in [-0.2, -0.15) is 0 Å². The molecule has 1 aromatic carbocycles. The van der Waals surface area contributed by atoms with Crippen LogP contribution in [0.15, 0.2) is 29.8 Å². The number of halogens is 2. The van der Waals surface area contributed by atoms with E-state index in [0.717, 1.165) is 31.3 Å². The van der Waals surface area contributed by atoms with E-state index in [9.17, 15) is 13.6 Å². The summed E-state index contributed by atoms with van der Waals surface area (Å²) in [5.41, 5.74) is 0.600. The summed E-state index contributed by atoms with van der Waals surface area (Å²) in [7, 11) is 0. The van der Waals surface area contributed by atoms with E-state index < -0.39 is 11.6 Å². The molecule has 0 spiro atoms. The van der Waals surface area contributed by atoms with E-state index in [1.165, 1.54) is 18.2 Å². The minimum absolute atomic E-state index is 0.121. The largest absolute Gasteiger partial charge is 0.294 e. The molecule has 17 heavy (non-hydrogen) atoms. The first-order valence-electron chi connectivity index (χ1n) is 5.83. The molecule has 2 rings (SSSR count). The molecule has 0 amide bonds. The molecule has 0 radical (unpaired) electrons. The van der Waals surface area contributed by atoms with Crippen LogP contribution in [0.2, 0.25) is 0 Å². The number of ketones is 1. The Kier molecular flexibility index (Phi) is 3.67. The molecule has 0 aliphatic heterocycles. The first-order chi connectivity index (χ1) is 8.18. The van der Waals surface area contributed by atoms with E-state index in [4.69, 9.17) is 0 Å². The second-order valence-electron chi connectivity index (χ2n) is 4.28.